The molecule has 1 amide bonds. The molecule has 0 bridgehead atoms. The molecule has 0 radical (unpaired) electrons. The molecule has 5 heteroatoms. The average molecular weight is 285 g/mol. The molecule has 1 aliphatic carbocycles. The zero-order chi connectivity index (χ0) is 14.3. The highest BCUT2D eigenvalue weighted by Crippen LogP contribution is 2.17. The maximum Gasteiger partial charge on any atom is 0.234 e. The highest BCUT2D eigenvalue weighted by molar-refractivity contribution is 7.80. The Labute approximate surface area is 122 Å². The summed E-state index contributed by atoms with van der Waals surface area (Å²) in [6, 6.07) is 0.621. The third-order valence-corrected chi connectivity index (χ3v) is 3.79. The van der Waals surface area contributed by atoms with E-state index in [0.717, 1.165) is 12.8 Å². The normalized spacial score (nSPS) is 17.5. The van der Waals surface area contributed by atoms with E-state index in [0.29, 0.717) is 24.1 Å². The maximum atomic E-state index is 12.1. The van der Waals surface area contributed by atoms with Crippen LogP contribution in [0.15, 0.2) is 0 Å². The molecule has 0 spiro atoms. The van der Waals surface area contributed by atoms with Gasteiger partial charge in [-0.05, 0) is 26.7 Å². The molecular weight excluding hydrogens is 258 g/mol. The number of amides is 1. The van der Waals surface area contributed by atoms with Crippen LogP contribution in [0.3, 0.4) is 0 Å². The van der Waals surface area contributed by atoms with E-state index < -0.39 is 0 Å². The SMILES string of the molecule is CC(C)N(CC(=O)NC1CCCCCC1)CC(N)=S. The van der Waals surface area contributed by atoms with E-state index in [9.17, 15) is 4.79 Å². The van der Waals surface area contributed by atoms with Crippen LogP contribution in [0, 0.1) is 0 Å². The highest BCUT2D eigenvalue weighted by atomic mass is 32.1. The van der Waals surface area contributed by atoms with E-state index in [1.807, 2.05) is 4.90 Å². The van der Waals surface area contributed by atoms with Gasteiger partial charge in [-0.1, -0.05) is 37.9 Å². The first-order valence-corrected chi connectivity index (χ1v) is 7.71. The summed E-state index contributed by atoms with van der Waals surface area (Å²) >= 11 is 4.93. The molecule has 1 saturated carbocycles. The van der Waals surface area contributed by atoms with E-state index in [4.69, 9.17) is 18.0 Å². The summed E-state index contributed by atoms with van der Waals surface area (Å²) in [4.78, 5) is 14.5. The lowest BCUT2D eigenvalue weighted by Gasteiger charge is -2.26. The summed E-state index contributed by atoms with van der Waals surface area (Å²) < 4.78 is 0. The first-order chi connectivity index (χ1) is 8.99. The van der Waals surface area contributed by atoms with Gasteiger partial charge in [0.15, 0.2) is 0 Å². The molecule has 4 nitrogen and oxygen atoms in total. The summed E-state index contributed by atoms with van der Waals surface area (Å²) in [5.74, 6) is 0.0943. The van der Waals surface area contributed by atoms with Crippen molar-refractivity contribution in [3.8, 4) is 0 Å². The molecule has 1 aliphatic rings. The lowest BCUT2D eigenvalue weighted by atomic mass is 10.1. The minimum atomic E-state index is 0.0943. The summed E-state index contributed by atoms with van der Waals surface area (Å²) in [6.45, 7) is 4.99. The highest BCUT2D eigenvalue weighted by Gasteiger charge is 2.18. The molecule has 0 aliphatic heterocycles. The molecule has 0 heterocycles. The Morgan fingerprint density at radius 3 is 2.32 bits per heavy atom. The van der Waals surface area contributed by atoms with Crippen molar-refractivity contribution in [3.05, 3.63) is 0 Å². The predicted octanol–water partition coefficient (Wildman–Crippen LogP) is 1.82. The standard InChI is InChI=1S/C14H27N3OS/c1-11(2)17(9-13(15)19)10-14(18)16-12-7-5-3-4-6-8-12/h11-12H,3-10H2,1-2H3,(H2,15,19)(H,16,18). The Morgan fingerprint density at radius 1 is 1.26 bits per heavy atom. The van der Waals surface area contributed by atoms with Gasteiger partial charge in [0.2, 0.25) is 5.91 Å². The molecule has 110 valence electrons. The van der Waals surface area contributed by atoms with Gasteiger partial charge in [0.05, 0.1) is 11.5 Å². The fourth-order valence-corrected chi connectivity index (χ4v) is 2.67. The minimum Gasteiger partial charge on any atom is -0.392 e. The van der Waals surface area contributed by atoms with Crippen LogP contribution in [0.25, 0.3) is 0 Å². The molecule has 1 rings (SSSR count). The number of hydrogen-bond donors (Lipinski definition) is 2. The number of carbonyl (C=O) groups excluding carboxylic acids is 1. The molecule has 19 heavy (non-hydrogen) atoms. The summed E-state index contributed by atoms with van der Waals surface area (Å²) in [6.07, 6.45) is 7.28. The Morgan fingerprint density at radius 2 is 1.84 bits per heavy atom. The van der Waals surface area contributed by atoms with Crippen LogP contribution in [0.1, 0.15) is 52.4 Å². The molecule has 1 fully saturated rings. The molecule has 0 saturated heterocycles. The van der Waals surface area contributed by atoms with Crippen molar-refractivity contribution >= 4 is 23.1 Å². The molecule has 0 unspecified atom stereocenters. The second-order valence-electron chi connectivity index (χ2n) is 5.72. The fraction of sp³-hybridized carbons (Fsp3) is 0.857. The number of rotatable bonds is 6. The Kier molecular flexibility index (Phi) is 7.31. The van der Waals surface area contributed by atoms with Crippen molar-refractivity contribution in [3.63, 3.8) is 0 Å². The van der Waals surface area contributed by atoms with Crippen LogP contribution in [0.4, 0.5) is 0 Å². The van der Waals surface area contributed by atoms with Crippen LogP contribution in [0.2, 0.25) is 0 Å². The minimum absolute atomic E-state index is 0.0943. The van der Waals surface area contributed by atoms with Crippen molar-refractivity contribution in [1.29, 1.82) is 0 Å². The van der Waals surface area contributed by atoms with Crippen molar-refractivity contribution in [2.75, 3.05) is 13.1 Å². The number of nitrogens with one attached hydrogen (secondary N) is 1. The van der Waals surface area contributed by atoms with Gasteiger partial charge >= 0.3 is 0 Å². The van der Waals surface area contributed by atoms with Crippen LogP contribution in [0.5, 0.6) is 0 Å². The van der Waals surface area contributed by atoms with Gasteiger partial charge in [-0.3, -0.25) is 9.69 Å². The number of thiocarbonyl (C=S) groups is 1. The largest absolute Gasteiger partial charge is 0.392 e. The van der Waals surface area contributed by atoms with Crippen molar-refractivity contribution in [2.45, 2.75) is 64.5 Å². The maximum absolute atomic E-state index is 12.1. The average Bonchev–Trinajstić information content (AvgIpc) is 2.56. The lowest BCUT2D eigenvalue weighted by Crippen LogP contribution is -2.46. The number of nitrogens with two attached hydrogens (primary N) is 1. The fourth-order valence-electron chi connectivity index (χ4n) is 2.50. The third-order valence-electron chi connectivity index (χ3n) is 3.66. The zero-order valence-electron chi connectivity index (χ0n) is 12.2. The molecular formula is C14H27N3OS. The van der Waals surface area contributed by atoms with E-state index in [1.165, 1.54) is 25.7 Å². The Bertz CT molecular complexity index is 299. The zero-order valence-corrected chi connectivity index (χ0v) is 13.0. The van der Waals surface area contributed by atoms with Crippen LogP contribution in [-0.2, 0) is 4.79 Å². The summed E-state index contributed by atoms with van der Waals surface area (Å²) in [7, 11) is 0. The molecule has 0 aromatic carbocycles. The number of carbonyl (C=O) groups is 1. The van der Waals surface area contributed by atoms with Crippen LogP contribution in [-0.4, -0.2) is 41.0 Å². The topological polar surface area (TPSA) is 58.4 Å². The smallest absolute Gasteiger partial charge is 0.234 e. The van der Waals surface area contributed by atoms with E-state index >= 15 is 0 Å². The quantitative estimate of drug-likeness (QED) is 0.577. The van der Waals surface area contributed by atoms with Gasteiger partial charge in [-0.2, -0.15) is 0 Å². The summed E-state index contributed by atoms with van der Waals surface area (Å²) in [5, 5.41) is 3.15. The third kappa shape index (κ3) is 6.87. The van der Waals surface area contributed by atoms with Crippen LogP contribution < -0.4 is 11.1 Å². The van der Waals surface area contributed by atoms with Crippen molar-refractivity contribution in [1.82, 2.24) is 10.2 Å². The monoisotopic (exact) mass is 285 g/mol. The first-order valence-electron chi connectivity index (χ1n) is 7.30. The van der Waals surface area contributed by atoms with Gasteiger partial charge in [0, 0.05) is 18.6 Å². The van der Waals surface area contributed by atoms with E-state index in [2.05, 4.69) is 19.2 Å². The number of hydrogen-bond acceptors (Lipinski definition) is 3. The molecule has 3 N–H and O–H groups in total. The van der Waals surface area contributed by atoms with Gasteiger partial charge in [0.1, 0.15) is 0 Å². The van der Waals surface area contributed by atoms with Crippen molar-refractivity contribution < 1.29 is 4.79 Å². The Balaban J connectivity index is 2.40. The van der Waals surface area contributed by atoms with Crippen molar-refractivity contribution in [2.24, 2.45) is 5.73 Å². The van der Waals surface area contributed by atoms with Gasteiger partial charge in [-0.25, -0.2) is 0 Å². The molecule has 0 atom stereocenters. The van der Waals surface area contributed by atoms with Gasteiger partial charge in [0.25, 0.3) is 0 Å². The summed E-state index contributed by atoms with van der Waals surface area (Å²) in [5.41, 5.74) is 5.57. The van der Waals surface area contributed by atoms with Gasteiger partial charge < -0.3 is 11.1 Å². The molecule has 0 aromatic rings. The van der Waals surface area contributed by atoms with E-state index in [1.54, 1.807) is 0 Å². The number of nitrogens with zero attached hydrogens (tertiary/aromatic N) is 1. The van der Waals surface area contributed by atoms with Gasteiger partial charge in [-0.15, -0.1) is 0 Å². The first kappa shape index (κ1) is 16.4. The predicted molar refractivity (Wildman–Crippen MR) is 83.1 cm³/mol. The Hall–Kier alpha value is -0.680. The molecule has 0 aromatic heterocycles. The second kappa shape index (κ2) is 8.48. The second-order valence-corrected chi connectivity index (χ2v) is 6.25. The van der Waals surface area contributed by atoms with E-state index in [-0.39, 0.29) is 11.9 Å². The van der Waals surface area contributed by atoms with Crippen LogP contribution >= 0.6 is 12.2 Å². The lowest BCUT2D eigenvalue weighted by molar-refractivity contribution is -0.123.